The van der Waals surface area contributed by atoms with Crippen molar-refractivity contribution >= 4 is 22.4 Å². The molecule has 1 saturated heterocycles. The Labute approximate surface area is 167 Å². The molecule has 7 nitrogen and oxygen atoms in total. The number of ether oxygens (including phenoxy) is 1. The molecule has 150 valence electrons. The Morgan fingerprint density at radius 3 is 2.62 bits per heavy atom. The fourth-order valence-electron chi connectivity index (χ4n) is 3.64. The highest BCUT2D eigenvalue weighted by molar-refractivity contribution is 5.82. The van der Waals surface area contributed by atoms with Gasteiger partial charge in [0.05, 0.1) is 17.5 Å². The fraction of sp³-hybridized carbons (Fsp3) is 0.286. The fourth-order valence-corrected chi connectivity index (χ4v) is 3.64. The van der Waals surface area contributed by atoms with Crippen LogP contribution in [0.1, 0.15) is 5.56 Å². The Balaban J connectivity index is 1.43. The topological polar surface area (TPSA) is 71.7 Å². The number of aromatic nitrogens is 1. The number of halogens is 1. The van der Waals surface area contributed by atoms with E-state index in [-0.39, 0.29) is 11.5 Å². The first kappa shape index (κ1) is 19.1. The van der Waals surface area contributed by atoms with E-state index in [1.54, 1.807) is 19.2 Å². The summed E-state index contributed by atoms with van der Waals surface area (Å²) in [6.07, 6.45) is 0. The number of anilines is 1. The second kappa shape index (κ2) is 8.00. The second-order valence-electron chi connectivity index (χ2n) is 7.02. The molecule has 0 bridgehead atoms. The van der Waals surface area contributed by atoms with Gasteiger partial charge in [-0.1, -0.05) is 0 Å². The van der Waals surface area contributed by atoms with Crippen LogP contribution in [-0.4, -0.2) is 48.1 Å². The zero-order valence-corrected chi connectivity index (χ0v) is 16.0. The minimum Gasteiger partial charge on any atom is -0.496 e. The summed E-state index contributed by atoms with van der Waals surface area (Å²) in [6, 6.07) is 13.1. The van der Waals surface area contributed by atoms with Crippen molar-refractivity contribution in [3.05, 3.63) is 70.0 Å². The summed E-state index contributed by atoms with van der Waals surface area (Å²) in [5, 5.41) is 11.7. The highest BCUT2D eigenvalue weighted by Gasteiger charge is 2.20. The smallest absolute Gasteiger partial charge is 0.270 e. The minimum absolute atomic E-state index is 0.0634. The first-order chi connectivity index (χ1) is 14.0. The van der Waals surface area contributed by atoms with Gasteiger partial charge in [0.15, 0.2) is 0 Å². The Bertz CT molecular complexity index is 1050. The maximum absolute atomic E-state index is 13.6. The van der Waals surface area contributed by atoms with E-state index in [9.17, 15) is 14.5 Å². The number of hydrogen-bond acceptors (Lipinski definition) is 6. The zero-order valence-electron chi connectivity index (χ0n) is 16.0. The molecule has 2 heterocycles. The number of piperazine rings is 1. The molecule has 0 N–H and O–H groups in total. The highest BCUT2D eigenvalue weighted by atomic mass is 19.1. The lowest BCUT2D eigenvalue weighted by molar-refractivity contribution is -0.384. The number of pyridine rings is 1. The van der Waals surface area contributed by atoms with Gasteiger partial charge in [0.2, 0.25) is 0 Å². The predicted octanol–water partition coefficient (Wildman–Crippen LogP) is 3.61. The number of nitro benzene ring substituents is 1. The summed E-state index contributed by atoms with van der Waals surface area (Å²) in [4.78, 5) is 19.6. The van der Waals surface area contributed by atoms with Gasteiger partial charge < -0.3 is 9.64 Å². The van der Waals surface area contributed by atoms with E-state index in [4.69, 9.17) is 4.74 Å². The Kier molecular flexibility index (Phi) is 5.26. The monoisotopic (exact) mass is 396 g/mol. The van der Waals surface area contributed by atoms with E-state index >= 15 is 0 Å². The summed E-state index contributed by atoms with van der Waals surface area (Å²) in [5.74, 6) is 1.29. The number of rotatable bonds is 5. The van der Waals surface area contributed by atoms with Crippen LogP contribution in [0.5, 0.6) is 5.75 Å². The maximum atomic E-state index is 13.6. The van der Waals surface area contributed by atoms with Crippen molar-refractivity contribution in [1.82, 2.24) is 9.88 Å². The minimum atomic E-state index is -0.403. The third-order valence-electron chi connectivity index (χ3n) is 5.20. The second-order valence-corrected chi connectivity index (χ2v) is 7.02. The van der Waals surface area contributed by atoms with Crippen LogP contribution in [0.2, 0.25) is 0 Å². The van der Waals surface area contributed by atoms with Crippen molar-refractivity contribution in [3.63, 3.8) is 0 Å². The molecule has 2 aromatic carbocycles. The molecule has 0 atom stereocenters. The largest absolute Gasteiger partial charge is 0.496 e. The van der Waals surface area contributed by atoms with Crippen LogP contribution >= 0.6 is 0 Å². The number of hydrogen-bond donors (Lipinski definition) is 0. The van der Waals surface area contributed by atoms with Gasteiger partial charge in [-0.15, -0.1) is 0 Å². The van der Waals surface area contributed by atoms with E-state index in [1.165, 1.54) is 24.3 Å². The van der Waals surface area contributed by atoms with Crippen molar-refractivity contribution in [1.29, 1.82) is 0 Å². The van der Waals surface area contributed by atoms with E-state index in [0.717, 1.165) is 48.5 Å². The summed E-state index contributed by atoms with van der Waals surface area (Å²) in [6.45, 7) is 3.86. The van der Waals surface area contributed by atoms with E-state index in [0.29, 0.717) is 12.3 Å². The first-order valence-corrected chi connectivity index (χ1v) is 9.38. The van der Waals surface area contributed by atoms with Crippen LogP contribution in [0.4, 0.5) is 15.9 Å². The van der Waals surface area contributed by atoms with Crippen molar-refractivity contribution < 1.29 is 14.1 Å². The summed E-state index contributed by atoms with van der Waals surface area (Å²) in [5.41, 5.74) is 1.64. The average molecular weight is 396 g/mol. The van der Waals surface area contributed by atoms with Crippen LogP contribution in [-0.2, 0) is 6.54 Å². The lowest BCUT2D eigenvalue weighted by Crippen LogP contribution is -2.46. The summed E-state index contributed by atoms with van der Waals surface area (Å²) in [7, 11) is 1.59. The molecular weight excluding hydrogens is 375 g/mol. The van der Waals surface area contributed by atoms with E-state index in [1.807, 2.05) is 12.1 Å². The van der Waals surface area contributed by atoms with Gasteiger partial charge in [-0.3, -0.25) is 15.0 Å². The van der Waals surface area contributed by atoms with Crippen molar-refractivity contribution in [2.24, 2.45) is 0 Å². The molecule has 1 fully saturated rings. The Hall–Kier alpha value is -3.26. The average Bonchev–Trinajstić information content (AvgIpc) is 2.73. The molecule has 0 amide bonds. The van der Waals surface area contributed by atoms with Gasteiger partial charge in [0.1, 0.15) is 17.4 Å². The molecule has 3 aromatic rings. The van der Waals surface area contributed by atoms with Crippen LogP contribution in [0.15, 0.2) is 48.5 Å². The van der Waals surface area contributed by atoms with Gasteiger partial charge in [-0.05, 0) is 36.4 Å². The van der Waals surface area contributed by atoms with Gasteiger partial charge in [-0.25, -0.2) is 9.37 Å². The third kappa shape index (κ3) is 4.12. The molecule has 4 rings (SSSR count). The van der Waals surface area contributed by atoms with Crippen molar-refractivity contribution in [2.45, 2.75) is 6.54 Å². The standard InChI is InChI=1S/C21H21FN4O3/c1-29-20-6-3-17(22)12-16(20)14-24-8-10-25(11-9-24)21-7-2-15-13-18(26(27)28)4-5-19(15)23-21/h2-7,12-13H,8-11,14H2,1H3. The first-order valence-electron chi connectivity index (χ1n) is 9.38. The molecule has 0 spiro atoms. The van der Waals surface area contributed by atoms with Gasteiger partial charge in [-0.2, -0.15) is 0 Å². The van der Waals surface area contributed by atoms with E-state index in [2.05, 4.69) is 14.8 Å². The number of methoxy groups -OCH3 is 1. The summed E-state index contributed by atoms with van der Waals surface area (Å²) >= 11 is 0. The van der Waals surface area contributed by atoms with Gasteiger partial charge in [0.25, 0.3) is 5.69 Å². The SMILES string of the molecule is COc1ccc(F)cc1CN1CCN(c2ccc3cc([N+](=O)[O-])ccc3n2)CC1. The van der Waals surface area contributed by atoms with Gasteiger partial charge >= 0.3 is 0 Å². The number of fused-ring (bicyclic) bond motifs is 1. The maximum Gasteiger partial charge on any atom is 0.270 e. The van der Waals surface area contributed by atoms with Crippen LogP contribution in [0.25, 0.3) is 10.9 Å². The summed E-state index contributed by atoms with van der Waals surface area (Å²) < 4.78 is 18.9. The highest BCUT2D eigenvalue weighted by Crippen LogP contribution is 2.25. The number of benzene rings is 2. The van der Waals surface area contributed by atoms with Crippen LogP contribution < -0.4 is 9.64 Å². The lowest BCUT2D eigenvalue weighted by Gasteiger charge is -2.35. The molecule has 29 heavy (non-hydrogen) atoms. The molecule has 0 aliphatic carbocycles. The Morgan fingerprint density at radius 1 is 1.10 bits per heavy atom. The number of nitrogens with zero attached hydrogens (tertiary/aromatic N) is 4. The van der Waals surface area contributed by atoms with Gasteiger partial charge in [0, 0.05) is 55.8 Å². The normalized spacial score (nSPS) is 14.9. The molecule has 8 heteroatoms. The molecule has 0 saturated carbocycles. The lowest BCUT2D eigenvalue weighted by atomic mass is 10.1. The van der Waals surface area contributed by atoms with Crippen molar-refractivity contribution in [2.75, 3.05) is 38.2 Å². The third-order valence-corrected chi connectivity index (χ3v) is 5.20. The van der Waals surface area contributed by atoms with E-state index < -0.39 is 4.92 Å². The molecule has 0 unspecified atom stereocenters. The molecule has 0 radical (unpaired) electrons. The zero-order chi connectivity index (χ0) is 20.4. The molecular formula is C21H21FN4O3. The molecule has 1 aliphatic rings. The number of non-ortho nitro benzene ring substituents is 1. The Morgan fingerprint density at radius 2 is 1.90 bits per heavy atom. The number of nitro groups is 1. The predicted molar refractivity (Wildman–Crippen MR) is 109 cm³/mol. The van der Waals surface area contributed by atoms with Crippen LogP contribution in [0, 0.1) is 15.9 Å². The molecule has 1 aromatic heterocycles. The quantitative estimate of drug-likeness (QED) is 0.485. The van der Waals surface area contributed by atoms with Crippen molar-refractivity contribution in [3.8, 4) is 5.75 Å². The molecule has 1 aliphatic heterocycles. The van der Waals surface area contributed by atoms with Crippen LogP contribution in [0.3, 0.4) is 0 Å².